The number of hydrogen-bond donors (Lipinski definition) is 1. The van der Waals surface area contributed by atoms with Crippen LogP contribution in [-0.2, 0) is 17.8 Å². The van der Waals surface area contributed by atoms with Gasteiger partial charge >= 0.3 is 29.6 Å². The summed E-state index contributed by atoms with van der Waals surface area (Å²) in [4.78, 5) is 27.6. The van der Waals surface area contributed by atoms with Crippen LogP contribution in [0.25, 0.3) is 21.8 Å². The molecule has 0 saturated carbocycles. The van der Waals surface area contributed by atoms with E-state index in [2.05, 4.69) is 33.1 Å². The Hall–Kier alpha value is -2.67. The SMILES string of the molecule is C[C@H](NC(=O)c1cc2c3ccccc3n(CCCc3ccccc3)c2cn1)C(=O)[O-].[Na+]. The topological polar surface area (TPSA) is 87.0 Å². The van der Waals surface area contributed by atoms with Gasteiger partial charge in [-0.15, -0.1) is 0 Å². The molecule has 2 heterocycles. The number of benzene rings is 2. The Morgan fingerprint density at radius 3 is 2.48 bits per heavy atom. The molecule has 31 heavy (non-hydrogen) atoms. The molecule has 4 rings (SSSR count). The first-order valence-corrected chi connectivity index (χ1v) is 9.97. The minimum Gasteiger partial charge on any atom is -0.548 e. The summed E-state index contributed by atoms with van der Waals surface area (Å²) in [6.45, 7) is 2.19. The van der Waals surface area contributed by atoms with Crippen LogP contribution in [0.1, 0.15) is 29.4 Å². The van der Waals surface area contributed by atoms with E-state index in [1.807, 2.05) is 36.4 Å². The fraction of sp³-hybridized carbons (Fsp3) is 0.208. The zero-order valence-corrected chi connectivity index (χ0v) is 19.7. The normalized spacial score (nSPS) is 11.8. The molecule has 4 aromatic rings. The molecule has 0 aliphatic heterocycles. The molecule has 2 aromatic heterocycles. The van der Waals surface area contributed by atoms with Gasteiger partial charge in [0.15, 0.2) is 0 Å². The molecule has 0 aliphatic rings. The van der Waals surface area contributed by atoms with Crippen molar-refractivity contribution in [3.05, 3.63) is 78.1 Å². The van der Waals surface area contributed by atoms with Crippen LogP contribution >= 0.6 is 0 Å². The van der Waals surface area contributed by atoms with Gasteiger partial charge in [-0.25, -0.2) is 4.98 Å². The number of nitrogens with zero attached hydrogens (tertiary/aromatic N) is 2. The van der Waals surface area contributed by atoms with E-state index >= 15 is 0 Å². The third-order valence-corrected chi connectivity index (χ3v) is 5.28. The fourth-order valence-corrected chi connectivity index (χ4v) is 3.73. The molecule has 0 unspecified atom stereocenters. The second-order valence-electron chi connectivity index (χ2n) is 7.36. The summed E-state index contributed by atoms with van der Waals surface area (Å²) < 4.78 is 2.23. The summed E-state index contributed by atoms with van der Waals surface area (Å²) in [7, 11) is 0. The van der Waals surface area contributed by atoms with Gasteiger partial charge in [-0.2, -0.15) is 0 Å². The van der Waals surface area contributed by atoms with Crippen molar-refractivity contribution in [1.29, 1.82) is 0 Å². The van der Waals surface area contributed by atoms with Crippen LogP contribution in [0.3, 0.4) is 0 Å². The van der Waals surface area contributed by atoms with E-state index in [-0.39, 0.29) is 35.3 Å². The zero-order chi connectivity index (χ0) is 21.1. The number of aliphatic carboxylic acids is 1. The van der Waals surface area contributed by atoms with Crippen LogP contribution in [0, 0.1) is 0 Å². The summed E-state index contributed by atoms with van der Waals surface area (Å²) in [6, 6.07) is 19.1. The molecule has 0 radical (unpaired) electrons. The number of carboxylic acid groups (broad SMARTS) is 1. The zero-order valence-electron chi connectivity index (χ0n) is 17.7. The van der Waals surface area contributed by atoms with E-state index in [0.29, 0.717) is 0 Å². The minimum atomic E-state index is -1.33. The van der Waals surface area contributed by atoms with Gasteiger partial charge < -0.3 is 19.8 Å². The third-order valence-electron chi connectivity index (χ3n) is 5.28. The number of hydrogen-bond acceptors (Lipinski definition) is 4. The second-order valence-corrected chi connectivity index (χ2v) is 7.36. The summed E-state index contributed by atoms with van der Waals surface area (Å²) in [5, 5.41) is 15.3. The first-order valence-electron chi connectivity index (χ1n) is 9.97. The van der Waals surface area contributed by atoms with Crippen LogP contribution in [0.15, 0.2) is 66.9 Å². The molecule has 7 heteroatoms. The number of fused-ring (bicyclic) bond motifs is 3. The Morgan fingerprint density at radius 1 is 1.03 bits per heavy atom. The van der Waals surface area contributed by atoms with Gasteiger partial charge in [-0.3, -0.25) is 4.79 Å². The summed E-state index contributed by atoms with van der Waals surface area (Å²) in [5.41, 5.74) is 3.52. The number of pyridine rings is 1. The molecule has 1 amide bonds. The Bertz CT molecular complexity index is 1220. The Labute approximate surface area is 202 Å². The second kappa shape index (κ2) is 10.1. The fourth-order valence-electron chi connectivity index (χ4n) is 3.73. The van der Waals surface area contributed by atoms with Crippen LogP contribution in [-0.4, -0.2) is 27.5 Å². The monoisotopic (exact) mass is 423 g/mol. The van der Waals surface area contributed by atoms with Gasteiger partial charge in [0.1, 0.15) is 5.69 Å². The summed E-state index contributed by atoms with van der Waals surface area (Å²) in [6.07, 6.45) is 3.64. The molecule has 1 atom stereocenters. The van der Waals surface area contributed by atoms with Crippen molar-refractivity contribution in [2.24, 2.45) is 0 Å². The molecule has 1 N–H and O–H groups in total. The quantitative estimate of drug-likeness (QED) is 0.414. The van der Waals surface area contributed by atoms with E-state index in [9.17, 15) is 14.7 Å². The number of rotatable bonds is 7. The smallest absolute Gasteiger partial charge is 0.548 e. The van der Waals surface area contributed by atoms with Crippen LogP contribution in [0.2, 0.25) is 0 Å². The van der Waals surface area contributed by atoms with Gasteiger partial charge in [-0.05, 0) is 37.5 Å². The van der Waals surface area contributed by atoms with Crippen LogP contribution in [0.5, 0.6) is 0 Å². The van der Waals surface area contributed by atoms with Crippen molar-refractivity contribution < 1.29 is 44.3 Å². The molecular weight excluding hydrogens is 401 g/mol. The van der Waals surface area contributed by atoms with Crippen LogP contribution < -0.4 is 40.0 Å². The number of para-hydroxylation sites is 1. The molecule has 0 bridgehead atoms. The van der Waals surface area contributed by atoms with Gasteiger partial charge in [0.2, 0.25) is 0 Å². The average molecular weight is 423 g/mol. The average Bonchev–Trinajstić information content (AvgIpc) is 3.07. The van der Waals surface area contributed by atoms with Crippen molar-refractivity contribution in [3.63, 3.8) is 0 Å². The number of aryl methyl sites for hydroxylation is 2. The van der Waals surface area contributed by atoms with Crippen LogP contribution in [0.4, 0.5) is 0 Å². The Kier molecular flexibility index (Phi) is 7.49. The van der Waals surface area contributed by atoms with Gasteiger partial charge in [0.25, 0.3) is 5.91 Å². The van der Waals surface area contributed by atoms with Crippen molar-refractivity contribution in [3.8, 4) is 0 Å². The maximum absolute atomic E-state index is 12.4. The molecule has 152 valence electrons. The van der Waals surface area contributed by atoms with Gasteiger partial charge in [0.05, 0.1) is 23.7 Å². The number of nitrogens with one attached hydrogen (secondary N) is 1. The number of amides is 1. The maximum atomic E-state index is 12.4. The van der Waals surface area contributed by atoms with Crippen molar-refractivity contribution >= 4 is 33.7 Å². The minimum absolute atomic E-state index is 0. The predicted molar refractivity (Wildman–Crippen MR) is 114 cm³/mol. The third kappa shape index (κ3) is 4.98. The molecule has 0 spiro atoms. The number of carbonyl (C=O) groups is 2. The molecule has 6 nitrogen and oxygen atoms in total. The van der Waals surface area contributed by atoms with E-state index in [1.165, 1.54) is 12.5 Å². The van der Waals surface area contributed by atoms with Crippen molar-refractivity contribution in [2.75, 3.05) is 0 Å². The molecule has 0 saturated heterocycles. The Morgan fingerprint density at radius 2 is 1.74 bits per heavy atom. The molecule has 2 aromatic carbocycles. The largest absolute Gasteiger partial charge is 1.00 e. The molecule has 0 aliphatic carbocycles. The number of carbonyl (C=O) groups excluding carboxylic acids is 2. The Balaban J connectivity index is 0.00000272. The van der Waals surface area contributed by atoms with Crippen molar-refractivity contribution in [1.82, 2.24) is 14.9 Å². The predicted octanol–water partition coefficient (Wildman–Crippen LogP) is -0.305. The van der Waals surface area contributed by atoms with Gasteiger partial charge in [0, 0.05) is 22.8 Å². The molecular formula is C24H22N3NaO3. The first-order chi connectivity index (χ1) is 14.5. The van der Waals surface area contributed by atoms with E-state index in [4.69, 9.17) is 0 Å². The number of carboxylic acids is 1. The van der Waals surface area contributed by atoms with E-state index < -0.39 is 17.9 Å². The number of aromatic nitrogens is 2. The summed E-state index contributed by atoms with van der Waals surface area (Å²) in [5.74, 6) is -1.87. The van der Waals surface area contributed by atoms with Crippen molar-refractivity contribution in [2.45, 2.75) is 32.4 Å². The van der Waals surface area contributed by atoms with Gasteiger partial charge in [-0.1, -0.05) is 48.5 Å². The van der Waals surface area contributed by atoms with E-state index in [1.54, 1.807) is 12.3 Å². The molecule has 0 fully saturated rings. The summed E-state index contributed by atoms with van der Waals surface area (Å²) >= 11 is 0. The maximum Gasteiger partial charge on any atom is 1.00 e. The standard InChI is InChI=1S/C24H23N3O3.Na/c1-16(24(29)30)26-23(28)20-14-19-18-11-5-6-12-21(18)27(22(19)15-25-20)13-7-10-17-8-3-2-4-9-17;/h2-6,8-9,11-12,14-16H,7,10,13H2,1H3,(H,26,28)(H,29,30);/q;+1/p-1/t16-;/m0./s1. The van der Waals surface area contributed by atoms with E-state index in [0.717, 1.165) is 41.2 Å². The first kappa shape index (κ1) is 23.0.